The summed E-state index contributed by atoms with van der Waals surface area (Å²) in [7, 11) is 1.60. The van der Waals surface area contributed by atoms with Gasteiger partial charge in [0.2, 0.25) is 5.88 Å². The van der Waals surface area contributed by atoms with Crippen molar-refractivity contribution < 1.29 is 4.74 Å². The summed E-state index contributed by atoms with van der Waals surface area (Å²) >= 11 is 7.49. The molecule has 2 aromatic heterocycles. The molecule has 0 aliphatic rings. The lowest BCUT2D eigenvalue weighted by molar-refractivity contribution is 0.398. The summed E-state index contributed by atoms with van der Waals surface area (Å²) in [5.74, 6) is 0.589. The number of methoxy groups -OCH3 is 1. The van der Waals surface area contributed by atoms with Gasteiger partial charge in [-0.2, -0.15) is 0 Å². The van der Waals surface area contributed by atoms with Crippen molar-refractivity contribution in [1.82, 2.24) is 9.97 Å². The number of thiazole rings is 1. The highest BCUT2D eigenvalue weighted by Gasteiger charge is 2.07. The minimum Gasteiger partial charge on any atom is -0.481 e. The van der Waals surface area contributed by atoms with Crippen molar-refractivity contribution in [3.63, 3.8) is 0 Å². The zero-order chi connectivity index (χ0) is 13.9. The summed E-state index contributed by atoms with van der Waals surface area (Å²) < 4.78 is 5.13. The van der Waals surface area contributed by atoms with E-state index in [0.29, 0.717) is 5.88 Å². The number of pyridine rings is 1. The molecule has 0 saturated carbocycles. The SMILES string of the molecule is COc1cc(-c2nc(-c3ccc(Cl)cc3)cs2)ccn1. The van der Waals surface area contributed by atoms with Crippen LogP contribution in [0, 0.1) is 0 Å². The quantitative estimate of drug-likeness (QED) is 0.713. The third kappa shape index (κ3) is 2.66. The lowest BCUT2D eigenvalue weighted by Crippen LogP contribution is -1.87. The van der Waals surface area contributed by atoms with Gasteiger partial charge in [0.15, 0.2) is 0 Å². The van der Waals surface area contributed by atoms with Crippen LogP contribution in [0.15, 0.2) is 48.0 Å². The predicted octanol–water partition coefficient (Wildman–Crippen LogP) is 4.53. The van der Waals surface area contributed by atoms with E-state index in [1.165, 1.54) is 0 Å². The van der Waals surface area contributed by atoms with Gasteiger partial charge in [-0.15, -0.1) is 11.3 Å². The molecule has 0 atom stereocenters. The van der Waals surface area contributed by atoms with Crippen molar-refractivity contribution in [3.8, 4) is 27.7 Å². The van der Waals surface area contributed by atoms with Gasteiger partial charge < -0.3 is 4.74 Å². The molecule has 3 nitrogen and oxygen atoms in total. The molecule has 1 aromatic carbocycles. The van der Waals surface area contributed by atoms with Gasteiger partial charge in [-0.3, -0.25) is 0 Å². The van der Waals surface area contributed by atoms with Crippen LogP contribution in [0.25, 0.3) is 21.8 Å². The van der Waals surface area contributed by atoms with E-state index in [4.69, 9.17) is 16.3 Å². The molecule has 0 aliphatic carbocycles. The third-order valence-electron chi connectivity index (χ3n) is 2.84. The van der Waals surface area contributed by atoms with E-state index in [0.717, 1.165) is 26.9 Å². The summed E-state index contributed by atoms with van der Waals surface area (Å²) in [5, 5.41) is 3.70. The van der Waals surface area contributed by atoms with E-state index in [1.54, 1.807) is 24.6 Å². The number of nitrogens with zero attached hydrogens (tertiary/aromatic N) is 2. The van der Waals surface area contributed by atoms with E-state index in [-0.39, 0.29) is 0 Å². The molecule has 0 bridgehead atoms. The van der Waals surface area contributed by atoms with Crippen LogP contribution in [0.4, 0.5) is 0 Å². The second-order valence-corrected chi connectivity index (χ2v) is 5.43. The van der Waals surface area contributed by atoms with Crippen LogP contribution in [-0.2, 0) is 0 Å². The molecule has 3 rings (SSSR count). The Hall–Kier alpha value is -1.91. The first-order valence-corrected chi connectivity index (χ1v) is 7.24. The molecule has 0 unspecified atom stereocenters. The highest BCUT2D eigenvalue weighted by atomic mass is 35.5. The zero-order valence-corrected chi connectivity index (χ0v) is 12.3. The molecular weight excluding hydrogens is 292 g/mol. The first-order valence-electron chi connectivity index (χ1n) is 5.98. The van der Waals surface area contributed by atoms with Crippen LogP contribution in [0.5, 0.6) is 5.88 Å². The Morgan fingerprint density at radius 1 is 1.10 bits per heavy atom. The average molecular weight is 303 g/mol. The Morgan fingerprint density at radius 2 is 1.90 bits per heavy atom. The Labute approximate surface area is 125 Å². The molecule has 0 aliphatic heterocycles. The molecule has 5 heteroatoms. The highest BCUT2D eigenvalue weighted by Crippen LogP contribution is 2.30. The Morgan fingerprint density at radius 3 is 2.65 bits per heavy atom. The molecule has 0 fully saturated rings. The molecule has 0 radical (unpaired) electrons. The van der Waals surface area contributed by atoms with Crippen LogP contribution in [0.1, 0.15) is 0 Å². The number of benzene rings is 1. The van der Waals surface area contributed by atoms with Crippen LogP contribution in [0.3, 0.4) is 0 Å². The average Bonchev–Trinajstić information content (AvgIpc) is 2.98. The summed E-state index contributed by atoms with van der Waals surface area (Å²) in [6.45, 7) is 0. The van der Waals surface area contributed by atoms with E-state index in [2.05, 4.69) is 9.97 Å². The van der Waals surface area contributed by atoms with Gasteiger partial charge in [0.05, 0.1) is 12.8 Å². The van der Waals surface area contributed by atoms with Crippen molar-refractivity contribution in [1.29, 1.82) is 0 Å². The minimum absolute atomic E-state index is 0.589. The molecule has 0 saturated heterocycles. The lowest BCUT2D eigenvalue weighted by atomic mass is 10.2. The molecule has 3 aromatic rings. The molecule has 20 heavy (non-hydrogen) atoms. The first kappa shape index (κ1) is 13.1. The van der Waals surface area contributed by atoms with Crippen molar-refractivity contribution in [2.45, 2.75) is 0 Å². The van der Waals surface area contributed by atoms with Crippen LogP contribution in [-0.4, -0.2) is 17.1 Å². The van der Waals surface area contributed by atoms with Gasteiger partial charge in [0, 0.05) is 33.8 Å². The second-order valence-electron chi connectivity index (χ2n) is 4.13. The molecular formula is C15H11ClN2OS. The summed E-state index contributed by atoms with van der Waals surface area (Å²) in [6, 6.07) is 11.5. The van der Waals surface area contributed by atoms with Gasteiger partial charge in [-0.05, 0) is 18.2 Å². The molecule has 100 valence electrons. The normalized spacial score (nSPS) is 10.5. The van der Waals surface area contributed by atoms with Crippen LogP contribution in [0.2, 0.25) is 5.02 Å². The van der Waals surface area contributed by atoms with Crippen LogP contribution >= 0.6 is 22.9 Å². The first-order chi connectivity index (χ1) is 9.76. The van der Waals surface area contributed by atoms with Gasteiger partial charge >= 0.3 is 0 Å². The number of ether oxygens (including phenoxy) is 1. The Kier molecular flexibility index (Phi) is 3.67. The van der Waals surface area contributed by atoms with E-state index >= 15 is 0 Å². The summed E-state index contributed by atoms with van der Waals surface area (Å²) in [6.07, 6.45) is 1.72. The van der Waals surface area contributed by atoms with E-state index in [9.17, 15) is 0 Å². The lowest BCUT2D eigenvalue weighted by Gasteiger charge is -2.00. The number of halogens is 1. The second kappa shape index (κ2) is 5.61. The van der Waals surface area contributed by atoms with E-state index < -0.39 is 0 Å². The van der Waals surface area contributed by atoms with Gasteiger partial charge in [-0.25, -0.2) is 9.97 Å². The monoisotopic (exact) mass is 302 g/mol. The summed E-state index contributed by atoms with van der Waals surface area (Å²) in [4.78, 5) is 8.75. The summed E-state index contributed by atoms with van der Waals surface area (Å²) in [5.41, 5.74) is 3.00. The topological polar surface area (TPSA) is 35.0 Å². The van der Waals surface area contributed by atoms with Gasteiger partial charge in [0.1, 0.15) is 5.01 Å². The number of hydrogen-bond donors (Lipinski definition) is 0. The van der Waals surface area contributed by atoms with Gasteiger partial charge in [-0.1, -0.05) is 23.7 Å². The Bertz CT molecular complexity index is 725. The molecule has 2 heterocycles. The standard InChI is InChI=1S/C15H11ClN2OS/c1-19-14-8-11(6-7-17-14)15-18-13(9-20-15)10-2-4-12(16)5-3-10/h2-9H,1H3. The maximum atomic E-state index is 5.89. The van der Waals surface area contributed by atoms with Crippen molar-refractivity contribution >= 4 is 22.9 Å². The third-order valence-corrected chi connectivity index (χ3v) is 3.98. The number of hydrogen-bond acceptors (Lipinski definition) is 4. The smallest absolute Gasteiger partial charge is 0.213 e. The number of rotatable bonds is 3. The van der Waals surface area contributed by atoms with Crippen molar-refractivity contribution in [3.05, 3.63) is 53.0 Å². The van der Waals surface area contributed by atoms with Gasteiger partial charge in [0.25, 0.3) is 0 Å². The fourth-order valence-electron chi connectivity index (χ4n) is 1.81. The maximum Gasteiger partial charge on any atom is 0.213 e. The molecule has 0 spiro atoms. The predicted molar refractivity (Wildman–Crippen MR) is 82.3 cm³/mol. The number of aromatic nitrogens is 2. The van der Waals surface area contributed by atoms with Crippen LogP contribution < -0.4 is 4.74 Å². The fourth-order valence-corrected chi connectivity index (χ4v) is 2.77. The minimum atomic E-state index is 0.589. The molecule has 0 N–H and O–H groups in total. The van der Waals surface area contributed by atoms with E-state index in [1.807, 2.05) is 41.8 Å². The van der Waals surface area contributed by atoms with Crippen molar-refractivity contribution in [2.24, 2.45) is 0 Å². The fraction of sp³-hybridized carbons (Fsp3) is 0.0667. The molecule has 0 amide bonds. The zero-order valence-electron chi connectivity index (χ0n) is 10.7. The largest absolute Gasteiger partial charge is 0.481 e. The van der Waals surface area contributed by atoms with Crippen molar-refractivity contribution in [2.75, 3.05) is 7.11 Å². The Balaban J connectivity index is 1.95. The maximum absolute atomic E-state index is 5.89. The highest BCUT2D eigenvalue weighted by molar-refractivity contribution is 7.13.